The van der Waals surface area contributed by atoms with E-state index in [4.69, 9.17) is 4.74 Å². The van der Waals surface area contributed by atoms with Crippen LogP contribution in [0.5, 0.6) is 0 Å². The average Bonchev–Trinajstić information content (AvgIpc) is 3.08. The van der Waals surface area contributed by atoms with E-state index in [0.29, 0.717) is 30.1 Å². The van der Waals surface area contributed by atoms with Crippen molar-refractivity contribution in [1.82, 2.24) is 4.90 Å². The number of ether oxygens (including phenoxy) is 1. The highest BCUT2D eigenvalue weighted by Gasteiger charge is 2.23. The second-order valence-corrected chi connectivity index (χ2v) is 8.58. The van der Waals surface area contributed by atoms with Gasteiger partial charge in [0.2, 0.25) is 5.91 Å². The molecule has 0 aliphatic rings. The Kier molecular flexibility index (Phi) is 7.98. The Morgan fingerprint density at radius 2 is 1.52 bits per heavy atom. The quantitative estimate of drug-likeness (QED) is 0.477. The highest BCUT2D eigenvalue weighted by molar-refractivity contribution is 7.16. The van der Waals surface area contributed by atoms with E-state index in [1.807, 2.05) is 50.2 Å². The van der Waals surface area contributed by atoms with Gasteiger partial charge >= 0.3 is 5.97 Å². The summed E-state index contributed by atoms with van der Waals surface area (Å²) in [5.41, 5.74) is 3.68. The normalized spacial score (nSPS) is 10.8. The molecule has 0 aliphatic heterocycles. The third-order valence-electron chi connectivity index (χ3n) is 5.07. The molecule has 6 heteroatoms. The summed E-state index contributed by atoms with van der Waals surface area (Å²) in [7, 11) is 1.36. The average molecular weight is 437 g/mol. The lowest BCUT2D eigenvalue weighted by Gasteiger charge is -2.22. The molecule has 2 aromatic carbocycles. The molecule has 0 atom stereocenters. The maximum Gasteiger partial charge on any atom is 0.341 e. The number of anilines is 1. The molecular weight excluding hydrogens is 408 g/mol. The van der Waals surface area contributed by atoms with Gasteiger partial charge in [-0.2, -0.15) is 0 Å². The van der Waals surface area contributed by atoms with Gasteiger partial charge in [0, 0.05) is 18.0 Å². The van der Waals surface area contributed by atoms with E-state index in [2.05, 4.69) is 34.5 Å². The molecular formula is C25H28N2O3S. The Morgan fingerprint density at radius 3 is 2.00 bits per heavy atom. The van der Waals surface area contributed by atoms with Gasteiger partial charge in [-0.1, -0.05) is 67.6 Å². The Labute approximate surface area is 187 Å². The summed E-state index contributed by atoms with van der Waals surface area (Å²) in [6.45, 7) is 5.47. The first kappa shape index (κ1) is 22.7. The van der Waals surface area contributed by atoms with E-state index in [0.717, 1.165) is 21.6 Å². The van der Waals surface area contributed by atoms with E-state index in [1.165, 1.54) is 18.4 Å². The van der Waals surface area contributed by atoms with E-state index >= 15 is 0 Å². The minimum absolute atomic E-state index is 0.152. The molecule has 0 saturated heterocycles. The molecule has 0 spiro atoms. The van der Waals surface area contributed by atoms with Crippen LogP contribution < -0.4 is 5.32 Å². The van der Waals surface area contributed by atoms with Gasteiger partial charge < -0.3 is 10.1 Å². The number of carbonyl (C=O) groups is 2. The van der Waals surface area contributed by atoms with Gasteiger partial charge in [-0.15, -0.1) is 11.3 Å². The van der Waals surface area contributed by atoms with Gasteiger partial charge in [-0.25, -0.2) is 4.79 Å². The van der Waals surface area contributed by atoms with Gasteiger partial charge in [-0.3, -0.25) is 9.69 Å². The highest BCUT2D eigenvalue weighted by atomic mass is 32.1. The third kappa shape index (κ3) is 6.03. The smallest absolute Gasteiger partial charge is 0.341 e. The Morgan fingerprint density at radius 1 is 0.968 bits per heavy atom. The number of carbonyl (C=O) groups excluding carboxylic acids is 2. The molecule has 1 aromatic heterocycles. The number of benzene rings is 2. The lowest BCUT2D eigenvalue weighted by atomic mass is 10.1. The standard InChI is InChI=1S/C25H28N2O3S/c1-4-21-18(2)31-24(23(21)25(29)30-3)26-22(28)17-27(15-19-11-7-5-8-12-19)16-20-13-9-6-10-14-20/h5-14H,4,15-17H2,1-3H3,(H,26,28). The van der Waals surface area contributed by atoms with Gasteiger partial charge in [0.1, 0.15) is 5.00 Å². The lowest BCUT2D eigenvalue weighted by Crippen LogP contribution is -2.32. The summed E-state index contributed by atoms with van der Waals surface area (Å²) in [6, 6.07) is 20.2. The molecule has 1 N–H and O–H groups in total. The molecule has 162 valence electrons. The van der Waals surface area contributed by atoms with Crippen LogP contribution in [0.3, 0.4) is 0 Å². The fraction of sp³-hybridized carbons (Fsp3) is 0.280. The lowest BCUT2D eigenvalue weighted by molar-refractivity contribution is -0.117. The molecule has 0 radical (unpaired) electrons. The minimum atomic E-state index is -0.415. The van der Waals surface area contributed by atoms with Crippen molar-refractivity contribution in [2.45, 2.75) is 33.4 Å². The molecule has 3 aromatic rings. The number of methoxy groups -OCH3 is 1. The van der Waals surface area contributed by atoms with Gasteiger partial charge in [0.15, 0.2) is 0 Å². The fourth-order valence-electron chi connectivity index (χ4n) is 3.63. The number of nitrogens with zero attached hydrogens (tertiary/aromatic N) is 1. The van der Waals surface area contributed by atoms with Crippen LogP contribution in [0.25, 0.3) is 0 Å². The number of rotatable bonds is 9. The zero-order valence-corrected chi connectivity index (χ0v) is 19.0. The van der Waals surface area contributed by atoms with Crippen LogP contribution in [-0.4, -0.2) is 30.4 Å². The van der Waals surface area contributed by atoms with Gasteiger partial charge in [0.25, 0.3) is 0 Å². The van der Waals surface area contributed by atoms with Crippen LogP contribution in [0.1, 0.15) is 38.8 Å². The molecule has 3 rings (SSSR count). The Balaban J connectivity index is 1.78. The number of hydrogen-bond acceptors (Lipinski definition) is 5. The number of aryl methyl sites for hydroxylation is 1. The fourth-order valence-corrected chi connectivity index (χ4v) is 4.78. The zero-order chi connectivity index (χ0) is 22.2. The summed E-state index contributed by atoms with van der Waals surface area (Å²) >= 11 is 1.42. The first-order valence-electron chi connectivity index (χ1n) is 10.3. The topological polar surface area (TPSA) is 58.6 Å². The summed E-state index contributed by atoms with van der Waals surface area (Å²) < 4.78 is 4.96. The minimum Gasteiger partial charge on any atom is -0.465 e. The number of esters is 1. The van der Waals surface area contributed by atoms with Crippen molar-refractivity contribution in [3.63, 3.8) is 0 Å². The third-order valence-corrected chi connectivity index (χ3v) is 6.13. The summed E-state index contributed by atoms with van der Waals surface area (Å²) in [4.78, 5) is 28.4. The van der Waals surface area contributed by atoms with Gasteiger partial charge in [0.05, 0.1) is 19.2 Å². The maximum atomic E-state index is 13.0. The van der Waals surface area contributed by atoms with Crippen LogP contribution in [0.2, 0.25) is 0 Å². The highest BCUT2D eigenvalue weighted by Crippen LogP contribution is 2.34. The molecule has 0 unspecified atom stereocenters. The second kappa shape index (κ2) is 10.9. The largest absolute Gasteiger partial charge is 0.465 e. The number of thiophene rings is 1. The van der Waals surface area contributed by atoms with E-state index in [-0.39, 0.29) is 12.5 Å². The number of amides is 1. The maximum absolute atomic E-state index is 13.0. The summed E-state index contributed by atoms with van der Waals surface area (Å²) in [6.07, 6.45) is 0.705. The molecule has 0 bridgehead atoms. The van der Waals surface area contributed by atoms with Crippen LogP contribution in [0.4, 0.5) is 5.00 Å². The molecule has 5 nitrogen and oxygen atoms in total. The molecule has 31 heavy (non-hydrogen) atoms. The van der Waals surface area contributed by atoms with Crippen LogP contribution in [0, 0.1) is 6.92 Å². The summed E-state index contributed by atoms with van der Waals surface area (Å²) in [5.74, 6) is -0.567. The zero-order valence-electron chi connectivity index (χ0n) is 18.2. The van der Waals surface area contributed by atoms with Crippen molar-refractivity contribution in [3.8, 4) is 0 Å². The Hall–Kier alpha value is -2.96. The van der Waals surface area contributed by atoms with Crippen molar-refractivity contribution in [2.24, 2.45) is 0 Å². The first-order chi connectivity index (χ1) is 15.0. The Bertz CT molecular complexity index is 975. The summed E-state index contributed by atoms with van der Waals surface area (Å²) in [5, 5.41) is 3.52. The predicted molar refractivity (Wildman–Crippen MR) is 125 cm³/mol. The van der Waals surface area contributed by atoms with Crippen LogP contribution in [0.15, 0.2) is 60.7 Å². The molecule has 0 fully saturated rings. The monoisotopic (exact) mass is 436 g/mol. The predicted octanol–water partition coefficient (Wildman–Crippen LogP) is 5.05. The number of nitrogens with one attached hydrogen (secondary N) is 1. The van der Waals surface area contributed by atoms with Crippen molar-refractivity contribution in [3.05, 3.63) is 87.8 Å². The van der Waals surface area contributed by atoms with Gasteiger partial charge in [-0.05, 0) is 30.0 Å². The SMILES string of the molecule is CCc1c(C)sc(NC(=O)CN(Cc2ccccc2)Cc2ccccc2)c1C(=O)OC. The number of hydrogen-bond donors (Lipinski definition) is 1. The van der Waals surface area contributed by atoms with Crippen molar-refractivity contribution < 1.29 is 14.3 Å². The second-order valence-electron chi connectivity index (χ2n) is 7.35. The van der Waals surface area contributed by atoms with E-state index in [1.54, 1.807) is 0 Å². The van der Waals surface area contributed by atoms with E-state index < -0.39 is 5.97 Å². The van der Waals surface area contributed by atoms with Crippen molar-refractivity contribution in [2.75, 3.05) is 19.0 Å². The molecule has 0 saturated carbocycles. The van der Waals surface area contributed by atoms with E-state index in [9.17, 15) is 9.59 Å². The molecule has 0 aliphatic carbocycles. The first-order valence-corrected chi connectivity index (χ1v) is 11.1. The van der Waals surface area contributed by atoms with Crippen molar-refractivity contribution >= 4 is 28.2 Å². The van der Waals surface area contributed by atoms with Crippen LogP contribution in [-0.2, 0) is 29.0 Å². The van der Waals surface area contributed by atoms with Crippen LogP contribution >= 0.6 is 11.3 Å². The van der Waals surface area contributed by atoms with Crippen molar-refractivity contribution in [1.29, 1.82) is 0 Å². The molecule has 1 amide bonds. The molecule has 1 heterocycles.